The lowest BCUT2D eigenvalue weighted by Crippen LogP contribution is -2.31. The van der Waals surface area contributed by atoms with E-state index in [0.29, 0.717) is 22.8 Å². The quantitative estimate of drug-likeness (QED) is 0.294. The maximum atomic E-state index is 10.5. The Labute approximate surface area is 99.6 Å². The van der Waals surface area contributed by atoms with Crippen molar-refractivity contribution in [3.63, 3.8) is 0 Å². The van der Waals surface area contributed by atoms with Crippen molar-refractivity contribution in [2.75, 3.05) is 17.9 Å². The molecule has 6 heteroatoms. The summed E-state index contributed by atoms with van der Waals surface area (Å²) in [6.07, 6.45) is 2.10. The lowest BCUT2D eigenvalue weighted by Gasteiger charge is -2.22. The molecular weight excluding hydrogens is 220 g/mol. The monoisotopic (exact) mass is 236 g/mol. The van der Waals surface area contributed by atoms with Crippen LogP contribution < -0.4 is 27.1 Å². The van der Waals surface area contributed by atoms with Gasteiger partial charge in [0.2, 0.25) is 0 Å². The molecule has 0 atom stereocenters. The van der Waals surface area contributed by atoms with Crippen molar-refractivity contribution in [3.05, 3.63) is 30.1 Å². The van der Waals surface area contributed by atoms with E-state index in [1.165, 1.54) is 11.2 Å². The van der Waals surface area contributed by atoms with Crippen LogP contribution >= 0.6 is 0 Å². The Hall–Kier alpha value is -2.21. The number of hydrogen-bond acceptors (Lipinski definition) is 6. The molecule has 0 saturated heterocycles. The third-order valence-corrected chi connectivity index (χ3v) is 2.29. The highest BCUT2D eigenvalue weighted by Gasteiger charge is 2.11. The van der Waals surface area contributed by atoms with E-state index in [4.69, 9.17) is 22.0 Å². The van der Waals surface area contributed by atoms with E-state index in [1.54, 1.807) is 25.3 Å². The van der Waals surface area contributed by atoms with Crippen molar-refractivity contribution in [1.29, 1.82) is 0 Å². The number of methoxy groups -OCH3 is 1. The van der Waals surface area contributed by atoms with Gasteiger partial charge in [-0.3, -0.25) is 5.01 Å². The van der Waals surface area contributed by atoms with Gasteiger partial charge in [-0.25, -0.2) is 5.84 Å². The predicted octanol–water partition coefficient (Wildman–Crippen LogP) is 0.347. The Bertz CT molecular complexity index is 431. The summed E-state index contributed by atoms with van der Waals surface area (Å²) in [5, 5.41) is 1.27. The largest absolute Gasteiger partial charge is 0.497 e. The van der Waals surface area contributed by atoms with Gasteiger partial charge in [-0.2, -0.15) is 0 Å². The number of aldehydes is 1. The summed E-state index contributed by atoms with van der Waals surface area (Å²) in [6, 6.07) is 5.06. The molecule has 0 fully saturated rings. The first-order chi connectivity index (χ1) is 8.13. The number of nitrogens with zero attached hydrogens (tertiary/aromatic N) is 1. The zero-order chi connectivity index (χ0) is 12.8. The Morgan fingerprint density at radius 1 is 1.53 bits per heavy atom. The Kier molecular flexibility index (Phi) is 4.36. The highest BCUT2D eigenvalue weighted by Crippen LogP contribution is 2.28. The van der Waals surface area contributed by atoms with Crippen molar-refractivity contribution in [1.82, 2.24) is 0 Å². The van der Waals surface area contributed by atoms with Crippen molar-refractivity contribution in [2.24, 2.45) is 11.6 Å². The van der Waals surface area contributed by atoms with Crippen LogP contribution in [0.2, 0.25) is 0 Å². The second kappa shape index (κ2) is 5.76. The molecule has 0 spiro atoms. The number of hydrazine groups is 1. The highest BCUT2D eigenvalue weighted by molar-refractivity contribution is 5.72. The molecule has 6 nitrogen and oxygen atoms in total. The number of anilines is 2. The number of nitrogen functional groups attached to an aromatic ring is 1. The van der Waals surface area contributed by atoms with Gasteiger partial charge < -0.3 is 21.0 Å². The maximum Gasteiger partial charge on any atom is 0.125 e. The number of ether oxygens (including phenoxy) is 1. The molecule has 0 saturated carbocycles. The summed E-state index contributed by atoms with van der Waals surface area (Å²) in [5.74, 6) is 6.47. The third kappa shape index (κ3) is 2.88. The molecule has 0 aliphatic heterocycles. The number of carbonyl (C=O) groups excluding carboxylic acids is 1. The standard InChI is InChI=1S/C11H16N4O2/c1-17-9-2-3-10(13)11(6-9)15(14)8(7-12)4-5-16/h2-3,5-7H,4,12-14H2,1H3/b8-7-. The molecule has 0 bridgehead atoms. The first kappa shape index (κ1) is 12.9. The van der Waals surface area contributed by atoms with Crippen molar-refractivity contribution in [3.8, 4) is 5.75 Å². The Balaban J connectivity index is 3.09. The van der Waals surface area contributed by atoms with E-state index in [2.05, 4.69) is 0 Å². The Morgan fingerprint density at radius 2 is 2.24 bits per heavy atom. The minimum Gasteiger partial charge on any atom is -0.497 e. The molecule has 0 unspecified atom stereocenters. The van der Waals surface area contributed by atoms with Crippen LogP contribution in [0, 0.1) is 0 Å². The number of rotatable bonds is 5. The van der Waals surface area contributed by atoms with E-state index >= 15 is 0 Å². The molecule has 0 aromatic heterocycles. The summed E-state index contributed by atoms with van der Waals surface area (Å²) < 4.78 is 5.08. The zero-order valence-electron chi connectivity index (χ0n) is 9.59. The van der Waals surface area contributed by atoms with Gasteiger partial charge >= 0.3 is 0 Å². The summed E-state index contributed by atoms with van der Waals surface area (Å²) in [5.41, 5.74) is 12.7. The molecular formula is C11H16N4O2. The molecule has 1 rings (SSSR count). The van der Waals surface area contributed by atoms with E-state index < -0.39 is 0 Å². The summed E-state index contributed by atoms with van der Waals surface area (Å²) in [7, 11) is 1.54. The maximum absolute atomic E-state index is 10.5. The number of allylic oxidation sites excluding steroid dienone is 1. The molecule has 6 N–H and O–H groups in total. The van der Waals surface area contributed by atoms with Gasteiger partial charge in [0.05, 0.1) is 24.2 Å². The van der Waals surface area contributed by atoms with Crippen LogP contribution in [0.5, 0.6) is 5.75 Å². The predicted molar refractivity (Wildman–Crippen MR) is 67.0 cm³/mol. The number of benzene rings is 1. The molecule has 1 aromatic carbocycles. The highest BCUT2D eigenvalue weighted by atomic mass is 16.5. The van der Waals surface area contributed by atoms with Crippen LogP contribution in [-0.4, -0.2) is 13.4 Å². The number of carbonyl (C=O) groups is 1. The average Bonchev–Trinajstić information content (AvgIpc) is 2.35. The van der Waals surface area contributed by atoms with Gasteiger partial charge in [0, 0.05) is 18.7 Å². The molecule has 0 radical (unpaired) electrons. The summed E-state index contributed by atoms with van der Waals surface area (Å²) >= 11 is 0. The average molecular weight is 236 g/mol. The fourth-order valence-electron chi connectivity index (χ4n) is 1.35. The van der Waals surface area contributed by atoms with E-state index in [9.17, 15) is 4.79 Å². The minimum absolute atomic E-state index is 0.115. The van der Waals surface area contributed by atoms with Crippen LogP contribution in [0.25, 0.3) is 0 Å². The van der Waals surface area contributed by atoms with Crippen LogP contribution in [-0.2, 0) is 4.79 Å². The normalized spacial score (nSPS) is 11.1. The molecule has 92 valence electrons. The molecule has 0 aliphatic carbocycles. The first-order valence-corrected chi connectivity index (χ1v) is 4.96. The molecule has 0 amide bonds. The molecule has 17 heavy (non-hydrogen) atoms. The van der Waals surface area contributed by atoms with E-state index in [0.717, 1.165) is 6.29 Å². The topological polar surface area (TPSA) is 108 Å². The van der Waals surface area contributed by atoms with E-state index in [1.807, 2.05) is 0 Å². The third-order valence-electron chi connectivity index (χ3n) is 2.29. The fraction of sp³-hybridized carbons (Fsp3) is 0.182. The summed E-state index contributed by atoms with van der Waals surface area (Å²) in [4.78, 5) is 10.5. The van der Waals surface area contributed by atoms with Crippen LogP contribution in [0.3, 0.4) is 0 Å². The van der Waals surface area contributed by atoms with Crippen LogP contribution in [0.4, 0.5) is 11.4 Å². The smallest absolute Gasteiger partial charge is 0.125 e. The molecule has 1 aromatic rings. The fourth-order valence-corrected chi connectivity index (χ4v) is 1.35. The van der Waals surface area contributed by atoms with Gasteiger partial charge in [0.25, 0.3) is 0 Å². The van der Waals surface area contributed by atoms with Crippen LogP contribution in [0.15, 0.2) is 30.1 Å². The molecule has 0 aliphatic rings. The van der Waals surface area contributed by atoms with Gasteiger partial charge in [0.15, 0.2) is 0 Å². The summed E-state index contributed by atoms with van der Waals surface area (Å²) in [6.45, 7) is 0. The van der Waals surface area contributed by atoms with Gasteiger partial charge in [0.1, 0.15) is 12.0 Å². The number of hydrogen-bond donors (Lipinski definition) is 3. The Morgan fingerprint density at radius 3 is 2.76 bits per heavy atom. The van der Waals surface area contributed by atoms with Crippen molar-refractivity contribution >= 4 is 17.7 Å². The lowest BCUT2D eigenvalue weighted by molar-refractivity contribution is -0.107. The minimum atomic E-state index is 0.115. The van der Waals surface area contributed by atoms with Gasteiger partial charge in [-0.05, 0) is 12.1 Å². The van der Waals surface area contributed by atoms with Crippen molar-refractivity contribution < 1.29 is 9.53 Å². The zero-order valence-corrected chi connectivity index (χ0v) is 9.59. The molecule has 0 heterocycles. The van der Waals surface area contributed by atoms with Crippen molar-refractivity contribution in [2.45, 2.75) is 6.42 Å². The second-order valence-electron chi connectivity index (χ2n) is 3.32. The second-order valence-corrected chi connectivity index (χ2v) is 3.32. The van der Waals surface area contributed by atoms with E-state index in [-0.39, 0.29) is 6.42 Å². The number of nitrogens with two attached hydrogens (primary N) is 3. The van der Waals surface area contributed by atoms with Gasteiger partial charge in [-0.15, -0.1) is 0 Å². The first-order valence-electron chi connectivity index (χ1n) is 4.96. The SMILES string of the molecule is COc1ccc(N)c(N(N)/C(=C\N)CC=O)c1. The van der Waals surface area contributed by atoms with Gasteiger partial charge in [-0.1, -0.05) is 0 Å². The lowest BCUT2D eigenvalue weighted by atomic mass is 10.2. The van der Waals surface area contributed by atoms with Crippen LogP contribution in [0.1, 0.15) is 6.42 Å².